The summed E-state index contributed by atoms with van der Waals surface area (Å²) in [5.41, 5.74) is 3.22. The van der Waals surface area contributed by atoms with Crippen molar-refractivity contribution >= 4 is 22.7 Å². The number of rotatable bonds is 6. The van der Waals surface area contributed by atoms with Gasteiger partial charge in [-0.2, -0.15) is 0 Å². The molecule has 1 unspecified atom stereocenters. The van der Waals surface area contributed by atoms with E-state index < -0.39 is 0 Å². The second-order valence-corrected chi connectivity index (χ2v) is 7.24. The molecule has 0 amide bonds. The minimum atomic E-state index is 0.236. The average Bonchev–Trinajstić information content (AvgIpc) is 3.15. The second kappa shape index (κ2) is 7.13. The number of thiophene rings is 1. The minimum Gasteiger partial charge on any atom is -0.302 e. The Balaban J connectivity index is 1.73. The third-order valence-corrected chi connectivity index (χ3v) is 5.37. The van der Waals surface area contributed by atoms with Gasteiger partial charge in [0.25, 0.3) is 0 Å². The lowest BCUT2D eigenvalue weighted by Crippen LogP contribution is -2.23. The molecule has 0 fully saturated rings. The van der Waals surface area contributed by atoms with E-state index in [1.807, 2.05) is 19.9 Å². The molecule has 0 aliphatic rings. The number of hydrogen-bond acceptors (Lipinski definition) is 5. The molecule has 3 nitrogen and oxygen atoms in total. The number of thiazole rings is 1. The first kappa shape index (κ1) is 15.3. The van der Waals surface area contributed by atoms with Crippen LogP contribution < -0.4 is 5.32 Å². The summed E-state index contributed by atoms with van der Waals surface area (Å²) in [6, 6.07) is 10.7. The van der Waals surface area contributed by atoms with Crippen LogP contribution in [0.1, 0.15) is 33.0 Å². The summed E-state index contributed by atoms with van der Waals surface area (Å²) in [6.07, 6.45) is 0.969. The fourth-order valence-corrected chi connectivity index (χ4v) is 3.96. The van der Waals surface area contributed by atoms with E-state index >= 15 is 0 Å². The molecule has 0 aromatic carbocycles. The zero-order chi connectivity index (χ0) is 15.4. The van der Waals surface area contributed by atoms with Gasteiger partial charge in [-0.3, -0.25) is 4.98 Å². The Kier molecular flexibility index (Phi) is 4.97. The van der Waals surface area contributed by atoms with Crippen LogP contribution in [0.2, 0.25) is 0 Å². The molecular formula is C17H19N3S2. The zero-order valence-corrected chi connectivity index (χ0v) is 14.4. The van der Waals surface area contributed by atoms with E-state index in [1.165, 1.54) is 4.88 Å². The Bertz CT molecular complexity index is 719. The molecule has 5 heteroatoms. The van der Waals surface area contributed by atoms with Crippen LogP contribution in [0, 0.1) is 13.8 Å². The van der Waals surface area contributed by atoms with E-state index in [0.717, 1.165) is 35.1 Å². The maximum Gasteiger partial charge on any atom is 0.110 e. The van der Waals surface area contributed by atoms with Crippen molar-refractivity contribution < 1.29 is 0 Å². The van der Waals surface area contributed by atoms with E-state index in [1.54, 1.807) is 22.7 Å². The maximum atomic E-state index is 4.66. The molecule has 3 rings (SSSR count). The van der Waals surface area contributed by atoms with E-state index in [9.17, 15) is 0 Å². The van der Waals surface area contributed by atoms with Crippen LogP contribution in [0.3, 0.4) is 0 Å². The molecule has 0 saturated carbocycles. The van der Waals surface area contributed by atoms with Gasteiger partial charge >= 0.3 is 0 Å². The van der Waals surface area contributed by atoms with Gasteiger partial charge in [-0.25, -0.2) is 4.98 Å². The highest BCUT2D eigenvalue weighted by Gasteiger charge is 2.16. The van der Waals surface area contributed by atoms with Gasteiger partial charge in [0, 0.05) is 34.6 Å². The summed E-state index contributed by atoms with van der Waals surface area (Å²) >= 11 is 3.53. The Labute approximate surface area is 139 Å². The molecule has 22 heavy (non-hydrogen) atoms. The second-order valence-electron chi connectivity index (χ2n) is 5.31. The molecule has 0 aliphatic heterocycles. The highest BCUT2D eigenvalue weighted by atomic mass is 32.1. The first-order valence-corrected chi connectivity index (χ1v) is 9.07. The van der Waals surface area contributed by atoms with Gasteiger partial charge in [0.1, 0.15) is 5.01 Å². The Morgan fingerprint density at radius 3 is 2.64 bits per heavy atom. The zero-order valence-electron chi connectivity index (χ0n) is 12.7. The lowest BCUT2D eigenvalue weighted by molar-refractivity contribution is 0.525. The topological polar surface area (TPSA) is 37.8 Å². The van der Waals surface area contributed by atoms with E-state index in [2.05, 4.69) is 50.3 Å². The van der Waals surface area contributed by atoms with E-state index in [0.29, 0.717) is 0 Å². The maximum absolute atomic E-state index is 4.66. The quantitative estimate of drug-likeness (QED) is 0.733. The molecule has 0 radical (unpaired) electrons. The van der Waals surface area contributed by atoms with Crippen molar-refractivity contribution in [2.24, 2.45) is 0 Å². The SMILES string of the molecule is Cc1cccc(CNC(Cc2cccs2)c2nc(C)cs2)n1. The highest BCUT2D eigenvalue weighted by Crippen LogP contribution is 2.24. The molecule has 3 heterocycles. The standard InChI is InChI=1S/C17H19N3S2/c1-12-5-3-6-14(19-12)10-18-16(9-15-7-4-8-21-15)17-20-13(2)11-22-17/h3-8,11,16,18H,9-10H2,1-2H3. The van der Waals surface area contributed by atoms with Gasteiger partial charge in [0.05, 0.1) is 11.7 Å². The van der Waals surface area contributed by atoms with Crippen molar-refractivity contribution in [2.45, 2.75) is 32.9 Å². The summed E-state index contributed by atoms with van der Waals surface area (Å²) in [4.78, 5) is 10.6. The molecule has 114 valence electrons. The van der Waals surface area contributed by atoms with Gasteiger partial charge in [0.2, 0.25) is 0 Å². The summed E-state index contributed by atoms with van der Waals surface area (Å²) in [5.74, 6) is 0. The van der Waals surface area contributed by atoms with Gasteiger partial charge in [0.15, 0.2) is 0 Å². The van der Waals surface area contributed by atoms with Crippen LogP contribution in [0.4, 0.5) is 0 Å². The monoisotopic (exact) mass is 329 g/mol. The average molecular weight is 329 g/mol. The van der Waals surface area contributed by atoms with Crippen molar-refractivity contribution in [1.29, 1.82) is 0 Å². The fourth-order valence-electron chi connectivity index (χ4n) is 2.33. The first-order chi connectivity index (χ1) is 10.7. The Morgan fingerprint density at radius 2 is 1.95 bits per heavy atom. The van der Waals surface area contributed by atoms with E-state index in [-0.39, 0.29) is 6.04 Å². The molecule has 0 bridgehead atoms. The van der Waals surface area contributed by atoms with Crippen LogP contribution in [0.25, 0.3) is 0 Å². The third-order valence-electron chi connectivity index (χ3n) is 3.40. The molecule has 0 saturated heterocycles. The lowest BCUT2D eigenvalue weighted by Gasteiger charge is -2.16. The number of nitrogens with zero attached hydrogens (tertiary/aromatic N) is 2. The highest BCUT2D eigenvalue weighted by molar-refractivity contribution is 7.10. The fraction of sp³-hybridized carbons (Fsp3) is 0.294. The summed E-state index contributed by atoms with van der Waals surface area (Å²) in [6.45, 7) is 4.83. The molecule has 0 spiro atoms. The summed E-state index contributed by atoms with van der Waals surface area (Å²) in [5, 5.41) is 9.02. The predicted octanol–water partition coefficient (Wildman–Crippen LogP) is 4.29. The van der Waals surface area contributed by atoms with Crippen molar-refractivity contribution in [3.8, 4) is 0 Å². The number of hydrogen-bond donors (Lipinski definition) is 1. The van der Waals surface area contributed by atoms with Gasteiger partial charge in [-0.15, -0.1) is 22.7 Å². The first-order valence-electron chi connectivity index (χ1n) is 7.31. The van der Waals surface area contributed by atoms with Gasteiger partial charge in [-0.05, 0) is 37.4 Å². The smallest absolute Gasteiger partial charge is 0.110 e. The molecule has 1 N–H and O–H groups in total. The minimum absolute atomic E-state index is 0.236. The van der Waals surface area contributed by atoms with Crippen LogP contribution in [0.5, 0.6) is 0 Å². The molecule has 3 aromatic rings. The van der Waals surface area contributed by atoms with E-state index in [4.69, 9.17) is 0 Å². The third kappa shape index (κ3) is 4.00. The van der Waals surface area contributed by atoms with Crippen molar-refractivity contribution in [2.75, 3.05) is 0 Å². The number of aromatic nitrogens is 2. The molecule has 0 aliphatic carbocycles. The van der Waals surface area contributed by atoms with Crippen molar-refractivity contribution in [1.82, 2.24) is 15.3 Å². The van der Waals surface area contributed by atoms with Crippen molar-refractivity contribution in [3.05, 3.63) is 68.1 Å². The molecule has 1 atom stereocenters. The number of pyridine rings is 1. The Hall–Kier alpha value is -1.56. The van der Waals surface area contributed by atoms with Crippen LogP contribution in [-0.4, -0.2) is 9.97 Å². The summed E-state index contributed by atoms with van der Waals surface area (Å²) in [7, 11) is 0. The normalized spacial score (nSPS) is 12.5. The van der Waals surface area contributed by atoms with Gasteiger partial charge in [-0.1, -0.05) is 12.1 Å². The van der Waals surface area contributed by atoms with Gasteiger partial charge < -0.3 is 5.32 Å². The lowest BCUT2D eigenvalue weighted by atomic mass is 10.2. The van der Waals surface area contributed by atoms with Crippen LogP contribution in [0.15, 0.2) is 41.1 Å². The largest absolute Gasteiger partial charge is 0.302 e. The number of nitrogens with one attached hydrogen (secondary N) is 1. The predicted molar refractivity (Wildman–Crippen MR) is 93.4 cm³/mol. The number of aryl methyl sites for hydroxylation is 2. The van der Waals surface area contributed by atoms with Crippen LogP contribution in [-0.2, 0) is 13.0 Å². The molecule has 3 aromatic heterocycles. The molecular weight excluding hydrogens is 310 g/mol. The van der Waals surface area contributed by atoms with Crippen molar-refractivity contribution in [3.63, 3.8) is 0 Å². The Morgan fingerprint density at radius 1 is 1.05 bits per heavy atom. The van der Waals surface area contributed by atoms with Crippen LogP contribution >= 0.6 is 22.7 Å². The summed E-state index contributed by atoms with van der Waals surface area (Å²) < 4.78 is 0.